The number of anilines is 2. The van der Waals surface area contributed by atoms with E-state index in [0.29, 0.717) is 29.4 Å². The molecule has 10 heteroatoms. The van der Waals surface area contributed by atoms with Crippen LogP contribution in [-0.2, 0) is 22.6 Å². The second-order valence-corrected chi connectivity index (χ2v) is 7.13. The van der Waals surface area contributed by atoms with Crippen LogP contribution in [0.15, 0.2) is 40.1 Å². The van der Waals surface area contributed by atoms with Crippen molar-refractivity contribution in [3.63, 3.8) is 0 Å². The first-order valence-electron chi connectivity index (χ1n) is 9.85. The molecule has 0 radical (unpaired) electrons. The minimum absolute atomic E-state index is 0.0642. The summed E-state index contributed by atoms with van der Waals surface area (Å²) in [6, 6.07) is 7.12. The number of aromatic amines is 1. The Morgan fingerprint density at radius 3 is 2.61 bits per heavy atom. The normalized spacial score (nSPS) is 10.9. The van der Waals surface area contributed by atoms with Gasteiger partial charge in [0.15, 0.2) is 5.69 Å². The number of carbonyl (C=O) groups excluding carboxylic acids is 2. The van der Waals surface area contributed by atoms with E-state index < -0.39 is 23.1 Å². The number of aromatic nitrogens is 3. The standard InChI is InChI=1S/C21H25N5O5/c1-4-5-10-26-18(22)17(19(28)23-21(26)30)24(2)16(27)12-25-11-14(20(29)31-3)13-8-6-7-9-15(13)25/h6-9,11H,4-5,10,12,22H2,1-3H3,(H,23,28,30). The molecular weight excluding hydrogens is 402 g/mol. The molecule has 3 rings (SSSR count). The van der Waals surface area contributed by atoms with E-state index in [9.17, 15) is 19.2 Å². The molecule has 0 unspecified atom stereocenters. The van der Waals surface area contributed by atoms with Gasteiger partial charge in [0.1, 0.15) is 12.4 Å². The topological polar surface area (TPSA) is 132 Å². The van der Waals surface area contributed by atoms with Crippen molar-refractivity contribution in [2.45, 2.75) is 32.9 Å². The van der Waals surface area contributed by atoms with Gasteiger partial charge in [-0.25, -0.2) is 9.59 Å². The van der Waals surface area contributed by atoms with Crippen LogP contribution in [0.3, 0.4) is 0 Å². The second kappa shape index (κ2) is 8.90. The number of benzene rings is 1. The molecule has 0 aliphatic carbocycles. The fraction of sp³-hybridized carbons (Fsp3) is 0.333. The fourth-order valence-corrected chi connectivity index (χ4v) is 3.47. The Morgan fingerprint density at radius 1 is 1.23 bits per heavy atom. The van der Waals surface area contributed by atoms with Crippen LogP contribution in [0.5, 0.6) is 0 Å². The summed E-state index contributed by atoms with van der Waals surface area (Å²) in [6.45, 7) is 2.14. The van der Waals surface area contributed by atoms with Crippen molar-refractivity contribution in [3.05, 3.63) is 56.9 Å². The maximum absolute atomic E-state index is 13.0. The van der Waals surface area contributed by atoms with Crippen LogP contribution in [0.2, 0.25) is 0 Å². The molecule has 3 aromatic rings. The monoisotopic (exact) mass is 427 g/mol. The number of rotatable bonds is 7. The van der Waals surface area contributed by atoms with Crippen molar-refractivity contribution in [1.29, 1.82) is 0 Å². The molecule has 0 saturated heterocycles. The van der Waals surface area contributed by atoms with E-state index in [0.717, 1.165) is 11.3 Å². The van der Waals surface area contributed by atoms with Crippen LogP contribution in [0.1, 0.15) is 30.1 Å². The van der Waals surface area contributed by atoms with Gasteiger partial charge in [-0.05, 0) is 12.5 Å². The van der Waals surface area contributed by atoms with E-state index in [2.05, 4.69) is 4.98 Å². The minimum Gasteiger partial charge on any atom is -0.465 e. The van der Waals surface area contributed by atoms with Gasteiger partial charge in [0.25, 0.3) is 5.56 Å². The lowest BCUT2D eigenvalue weighted by Gasteiger charge is -2.20. The van der Waals surface area contributed by atoms with E-state index in [4.69, 9.17) is 10.5 Å². The molecule has 0 aliphatic heterocycles. The van der Waals surface area contributed by atoms with E-state index in [1.165, 1.54) is 24.9 Å². The highest BCUT2D eigenvalue weighted by Gasteiger charge is 2.23. The highest BCUT2D eigenvalue weighted by molar-refractivity contribution is 6.05. The quantitative estimate of drug-likeness (QED) is 0.547. The van der Waals surface area contributed by atoms with Gasteiger partial charge in [-0.2, -0.15) is 0 Å². The second-order valence-electron chi connectivity index (χ2n) is 7.13. The van der Waals surface area contributed by atoms with Gasteiger partial charge in [-0.3, -0.25) is 19.1 Å². The summed E-state index contributed by atoms with van der Waals surface area (Å²) in [5.41, 5.74) is 5.65. The zero-order valence-corrected chi connectivity index (χ0v) is 17.7. The summed E-state index contributed by atoms with van der Waals surface area (Å²) in [7, 11) is 2.71. The van der Waals surface area contributed by atoms with Crippen molar-refractivity contribution in [3.8, 4) is 0 Å². The minimum atomic E-state index is -0.737. The molecule has 3 N–H and O–H groups in total. The number of fused-ring (bicyclic) bond motifs is 1. The Hall–Kier alpha value is -3.82. The summed E-state index contributed by atoms with van der Waals surface area (Å²) < 4.78 is 7.69. The Bertz CT molecular complexity index is 1250. The highest BCUT2D eigenvalue weighted by Crippen LogP contribution is 2.23. The van der Waals surface area contributed by atoms with E-state index in [-0.39, 0.29) is 18.1 Å². The SMILES string of the molecule is CCCCn1c(N)c(N(C)C(=O)Cn2cc(C(=O)OC)c3ccccc32)c(=O)[nH]c1=O. The van der Waals surface area contributed by atoms with Crippen LogP contribution in [-0.4, -0.2) is 40.2 Å². The third kappa shape index (κ3) is 4.09. The molecule has 1 amide bonds. The number of H-pyrrole nitrogens is 1. The Morgan fingerprint density at radius 2 is 1.94 bits per heavy atom. The van der Waals surface area contributed by atoms with Gasteiger partial charge in [0.2, 0.25) is 5.91 Å². The average Bonchev–Trinajstić information content (AvgIpc) is 3.11. The number of hydrogen-bond donors (Lipinski definition) is 2. The number of hydrogen-bond acceptors (Lipinski definition) is 6. The number of nitrogen functional groups attached to an aromatic ring is 1. The highest BCUT2D eigenvalue weighted by atomic mass is 16.5. The van der Waals surface area contributed by atoms with Crippen molar-refractivity contribution in [2.24, 2.45) is 0 Å². The molecular formula is C21H25N5O5. The first-order chi connectivity index (χ1) is 14.8. The maximum Gasteiger partial charge on any atom is 0.340 e. The number of nitrogens with two attached hydrogens (primary N) is 1. The zero-order valence-electron chi connectivity index (χ0n) is 17.7. The largest absolute Gasteiger partial charge is 0.465 e. The van der Waals surface area contributed by atoms with Crippen LogP contribution < -0.4 is 21.9 Å². The van der Waals surface area contributed by atoms with Gasteiger partial charge in [0, 0.05) is 30.7 Å². The third-order valence-corrected chi connectivity index (χ3v) is 5.16. The molecule has 0 bridgehead atoms. The molecule has 0 aliphatic rings. The lowest BCUT2D eigenvalue weighted by Crippen LogP contribution is -2.40. The number of para-hydroxylation sites is 1. The number of nitrogens with zero attached hydrogens (tertiary/aromatic N) is 3. The van der Waals surface area contributed by atoms with E-state index in [1.54, 1.807) is 28.8 Å². The van der Waals surface area contributed by atoms with Gasteiger partial charge < -0.3 is 19.9 Å². The molecule has 31 heavy (non-hydrogen) atoms. The van der Waals surface area contributed by atoms with Crippen molar-refractivity contribution in [1.82, 2.24) is 14.1 Å². The zero-order chi connectivity index (χ0) is 22.7. The summed E-state index contributed by atoms with van der Waals surface area (Å²) >= 11 is 0. The summed E-state index contributed by atoms with van der Waals surface area (Å²) in [6.07, 6.45) is 3.06. The number of likely N-dealkylation sites (N-methyl/N-ethyl adjacent to an activating group) is 1. The molecule has 0 atom stereocenters. The lowest BCUT2D eigenvalue weighted by atomic mass is 10.2. The molecule has 10 nitrogen and oxygen atoms in total. The lowest BCUT2D eigenvalue weighted by molar-refractivity contribution is -0.118. The van der Waals surface area contributed by atoms with Crippen LogP contribution in [0.4, 0.5) is 11.5 Å². The maximum atomic E-state index is 13.0. The Kier molecular flexibility index (Phi) is 6.28. The Balaban J connectivity index is 1.98. The van der Waals surface area contributed by atoms with Crippen LogP contribution in [0, 0.1) is 0 Å². The van der Waals surface area contributed by atoms with Crippen LogP contribution in [0.25, 0.3) is 10.9 Å². The smallest absolute Gasteiger partial charge is 0.340 e. The molecule has 0 saturated carbocycles. The van der Waals surface area contributed by atoms with E-state index >= 15 is 0 Å². The number of nitrogens with one attached hydrogen (secondary N) is 1. The van der Waals surface area contributed by atoms with Crippen molar-refractivity contribution in [2.75, 3.05) is 24.8 Å². The number of ether oxygens (including phenoxy) is 1. The van der Waals surface area contributed by atoms with Crippen LogP contribution >= 0.6 is 0 Å². The average molecular weight is 427 g/mol. The van der Waals surface area contributed by atoms with Crippen molar-refractivity contribution >= 4 is 34.3 Å². The molecule has 0 spiro atoms. The number of carbonyl (C=O) groups is 2. The van der Waals surface area contributed by atoms with Gasteiger partial charge in [-0.1, -0.05) is 31.5 Å². The molecule has 0 fully saturated rings. The van der Waals surface area contributed by atoms with E-state index in [1.807, 2.05) is 6.92 Å². The molecule has 2 heterocycles. The fourth-order valence-electron chi connectivity index (χ4n) is 3.47. The van der Waals surface area contributed by atoms with Gasteiger partial charge in [-0.15, -0.1) is 0 Å². The molecule has 1 aromatic carbocycles. The third-order valence-electron chi connectivity index (χ3n) is 5.16. The Labute approximate surface area is 177 Å². The predicted molar refractivity (Wildman–Crippen MR) is 117 cm³/mol. The molecule has 2 aromatic heterocycles. The number of amides is 1. The predicted octanol–water partition coefficient (Wildman–Crippen LogP) is 1.32. The number of esters is 1. The first kappa shape index (κ1) is 21.9. The number of methoxy groups -OCH3 is 1. The summed E-state index contributed by atoms with van der Waals surface area (Å²) in [5.74, 6) is -1.03. The first-order valence-corrected chi connectivity index (χ1v) is 9.85. The number of unbranched alkanes of at least 4 members (excludes halogenated alkanes) is 1. The summed E-state index contributed by atoms with van der Waals surface area (Å²) in [4.78, 5) is 53.0. The van der Waals surface area contributed by atoms with Crippen molar-refractivity contribution < 1.29 is 14.3 Å². The molecule has 164 valence electrons. The summed E-state index contributed by atoms with van der Waals surface area (Å²) in [5, 5.41) is 0.648. The van der Waals surface area contributed by atoms with Gasteiger partial charge >= 0.3 is 11.7 Å². The van der Waals surface area contributed by atoms with Gasteiger partial charge in [0.05, 0.1) is 12.7 Å².